The Bertz CT molecular complexity index is 565. The fourth-order valence-electron chi connectivity index (χ4n) is 2.98. The van der Waals surface area contributed by atoms with Crippen molar-refractivity contribution in [1.82, 2.24) is 4.90 Å². The van der Waals surface area contributed by atoms with Crippen LogP contribution >= 0.6 is 0 Å². The Kier molecular flexibility index (Phi) is 5.97. The van der Waals surface area contributed by atoms with Gasteiger partial charge < -0.3 is 19.1 Å². The molecule has 1 aromatic rings. The highest BCUT2D eigenvalue weighted by molar-refractivity contribution is 5.68. The van der Waals surface area contributed by atoms with Crippen molar-refractivity contribution in [3.63, 3.8) is 0 Å². The molecule has 0 spiro atoms. The summed E-state index contributed by atoms with van der Waals surface area (Å²) in [5.74, 6) is 2.16. The van der Waals surface area contributed by atoms with E-state index < -0.39 is 5.60 Å². The maximum atomic E-state index is 12.1. The molecule has 1 heterocycles. The van der Waals surface area contributed by atoms with Crippen LogP contribution < -0.4 is 9.47 Å². The van der Waals surface area contributed by atoms with Gasteiger partial charge in [0.05, 0.1) is 14.2 Å². The van der Waals surface area contributed by atoms with Gasteiger partial charge in [0, 0.05) is 19.2 Å². The van der Waals surface area contributed by atoms with Crippen molar-refractivity contribution < 1.29 is 19.0 Å². The number of hydrogen-bond acceptors (Lipinski definition) is 4. The second kappa shape index (κ2) is 7.77. The summed E-state index contributed by atoms with van der Waals surface area (Å²) in [6.07, 6.45) is 2.78. The van der Waals surface area contributed by atoms with Crippen molar-refractivity contribution in [1.29, 1.82) is 0 Å². The molecule has 1 aromatic carbocycles. The lowest BCUT2D eigenvalue weighted by molar-refractivity contribution is 0.0287. The highest BCUT2D eigenvalue weighted by atomic mass is 16.6. The van der Waals surface area contributed by atoms with Crippen LogP contribution in [-0.2, 0) is 11.2 Å². The Morgan fingerprint density at radius 1 is 1.25 bits per heavy atom. The summed E-state index contributed by atoms with van der Waals surface area (Å²) in [6.45, 7) is 7.24. The number of likely N-dealkylation sites (tertiary alicyclic amines) is 1. The Hall–Kier alpha value is -1.91. The van der Waals surface area contributed by atoms with Gasteiger partial charge in [-0.25, -0.2) is 4.79 Å². The van der Waals surface area contributed by atoms with E-state index in [9.17, 15) is 4.79 Å². The maximum Gasteiger partial charge on any atom is 0.410 e. The number of rotatable bonds is 5. The molecule has 0 aromatic heterocycles. The fourth-order valence-corrected chi connectivity index (χ4v) is 2.98. The molecule has 0 radical (unpaired) electrons. The summed E-state index contributed by atoms with van der Waals surface area (Å²) in [6, 6.07) is 5.93. The number of benzene rings is 1. The quantitative estimate of drug-likeness (QED) is 0.819. The Morgan fingerprint density at radius 3 is 2.62 bits per heavy atom. The SMILES string of the molecule is COc1ccc(CC[C@@H]2CCN(C(=O)OC(C)(C)C)C2)c(OC)c1. The summed E-state index contributed by atoms with van der Waals surface area (Å²) in [4.78, 5) is 13.9. The van der Waals surface area contributed by atoms with E-state index in [4.69, 9.17) is 14.2 Å². The van der Waals surface area contributed by atoms with Gasteiger partial charge in [0.2, 0.25) is 0 Å². The predicted molar refractivity (Wildman–Crippen MR) is 93.8 cm³/mol. The molecule has 24 heavy (non-hydrogen) atoms. The van der Waals surface area contributed by atoms with Crippen LogP contribution in [0.3, 0.4) is 0 Å². The molecule has 2 rings (SSSR count). The number of ether oxygens (including phenoxy) is 3. The van der Waals surface area contributed by atoms with Gasteiger partial charge in [0.1, 0.15) is 17.1 Å². The first-order valence-electron chi connectivity index (χ1n) is 8.51. The van der Waals surface area contributed by atoms with Crippen molar-refractivity contribution >= 4 is 6.09 Å². The topological polar surface area (TPSA) is 48.0 Å². The summed E-state index contributed by atoms with van der Waals surface area (Å²) >= 11 is 0. The van der Waals surface area contributed by atoms with Gasteiger partial charge in [-0.15, -0.1) is 0 Å². The predicted octanol–water partition coefficient (Wildman–Crippen LogP) is 3.89. The zero-order chi connectivity index (χ0) is 17.7. The van der Waals surface area contributed by atoms with Crippen LogP contribution in [0.15, 0.2) is 18.2 Å². The third-order valence-corrected chi connectivity index (χ3v) is 4.25. The van der Waals surface area contributed by atoms with Gasteiger partial charge in [0.25, 0.3) is 0 Å². The number of methoxy groups -OCH3 is 2. The van der Waals surface area contributed by atoms with E-state index in [2.05, 4.69) is 6.07 Å². The van der Waals surface area contributed by atoms with E-state index in [1.165, 1.54) is 5.56 Å². The molecule has 0 unspecified atom stereocenters. The number of carbonyl (C=O) groups is 1. The molecular weight excluding hydrogens is 306 g/mol. The second-order valence-corrected chi connectivity index (χ2v) is 7.30. The van der Waals surface area contributed by atoms with E-state index >= 15 is 0 Å². The van der Waals surface area contributed by atoms with Gasteiger partial charge in [-0.05, 0) is 57.6 Å². The molecule has 0 saturated carbocycles. The molecule has 1 saturated heterocycles. The zero-order valence-corrected chi connectivity index (χ0v) is 15.4. The van der Waals surface area contributed by atoms with Crippen molar-refractivity contribution in [2.75, 3.05) is 27.3 Å². The molecule has 0 aliphatic carbocycles. The first-order valence-corrected chi connectivity index (χ1v) is 8.51. The van der Waals surface area contributed by atoms with E-state index in [0.717, 1.165) is 43.9 Å². The van der Waals surface area contributed by atoms with E-state index in [1.54, 1.807) is 14.2 Å². The molecule has 1 aliphatic heterocycles. The van der Waals surface area contributed by atoms with Crippen molar-refractivity contribution in [3.05, 3.63) is 23.8 Å². The Morgan fingerprint density at radius 2 is 2.00 bits per heavy atom. The zero-order valence-electron chi connectivity index (χ0n) is 15.4. The van der Waals surface area contributed by atoms with Gasteiger partial charge in [-0.3, -0.25) is 0 Å². The molecule has 1 aliphatic rings. The van der Waals surface area contributed by atoms with Crippen LogP contribution in [0.4, 0.5) is 4.79 Å². The van der Waals surface area contributed by atoms with Gasteiger partial charge in [-0.1, -0.05) is 6.07 Å². The summed E-state index contributed by atoms with van der Waals surface area (Å²) in [5, 5.41) is 0. The lowest BCUT2D eigenvalue weighted by Crippen LogP contribution is -2.35. The normalized spacial score (nSPS) is 17.7. The van der Waals surface area contributed by atoms with Crippen LogP contribution in [0.25, 0.3) is 0 Å². The third kappa shape index (κ3) is 5.05. The minimum Gasteiger partial charge on any atom is -0.497 e. The number of carbonyl (C=O) groups excluding carboxylic acids is 1. The fraction of sp³-hybridized carbons (Fsp3) is 0.632. The third-order valence-electron chi connectivity index (χ3n) is 4.25. The Labute approximate surface area is 144 Å². The average Bonchev–Trinajstić information content (AvgIpc) is 3.00. The van der Waals surface area contributed by atoms with E-state index in [-0.39, 0.29) is 6.09 Å². The number of amides is 1. The van der Waals surface area contributed by atoms with E-state index in [1.807, 2.05) is 37.8 Å². The van der Waals surface area contributed by atoms with Crippen LogP contribution in [0, 0.1) is 5.92 Å². The molecule has 5 heteroatoms. The minimum absolute atomic E-state index is 0.202. The minimum atomic E-state index is -0.439. The molecular formula is C19H29NO4. The summed E-state index contributed by atoms with van der Waals surface area (Å²) < 4.78 is 16.1. The smallest absolute Gasteiger partial charge is 0.410 e. The summed E-state index contributed by atoms with van der Waals surface area (Å²) in [5.41, 5.74) is 0.736. The van der Waals surface area contributed by atoms with Crippen molar-refractivity contribution in [2.24, 2.45) is 5.92 Å². The highest BCUT2D eigenvalue weighted by Gasteiger charge is 2.29. The first kappa shape index (κ1) is 18.4. The lowest BCUT2D eigenvalue weighted by atomic mass is 9.98. The number of aryl methyl sites for hydroxylation is 1. The Balaban J connectivity index is 1.87. The molecule has 1 atom stereocenters. The van der Waals surface area contributed by atoms with Crippen LogP contribution in [0.2, 0.25) is 0 Å². The molecule has 1 amide bonds. The second-order valence-electron chi connectivity index (χ2n) is 7.30. The molecule has 5 nitrogen and oxygen atoms in total. The van der Waals surface area contributed by atoms with Crippen molar-refractivity contribution in [2.45, 2.75) is 45.6 Å². The number of nitrogens with zero attached hydrogens (tertiary/aromatic N) is 1. The van der Waals surface area contributed by atoms with Crippen molar-refractivity contribution in [3.8, 4) is 11.5 Å². The van der Waals surface area contributed by atoms with E-state index in [0.29, 0.717) is 5.92 Å². The average molecular weight is 335 g/mol. The molecule has 1 fully saturated rings. The standard InChI is InChI=1S/C19H29NO4/c1-19(2,3)24-18(21)20-11-10-14(13-20)6-7-15-8-9-16(22-4)12-17(15)23-5/h8-9,12,14H,6-7,10-11,13H2,1-5H3/t14-/m1/s1. The van der Waals surface area contributed by atoms with Gasteiger partial charge in [0.15, 0.2) is 0 Å². The maximum absolute atomic E-state index is 12.1. The lowest BCUT2D eigenvalue weighted by Gasteiger charge is -2.24. The first-order chi connectivity index (χ1) is 11.3. The molecule has 0 bridgehead atoms. The number of hydrogen-bond donors (Lipinski definition) is 0. The van der Waals surface area contributed by atoms with Gasteiger partial charge in [-0.2, -0.15) is 0 Å². The van der Waals surface area contributed by atoms with Crippen LogP contribution in [-0.4, -0.2) is 43.9 Å². The summed E-state index contributed by atoms with van der Waals surface area (Å²) in [7, 11) is 3.33. The largest absolute Gasteiger partial charge is 0.497 e. The monoisotopic (exact) mass is 335 g/mol. The molecule has 0 N–H and O–H groups in total. The highest BCUT2D eigenvalue weighted by Crippen LogP contribution is 2.29. The molecule has 134 valence electrons. The van der Waals surface area contributed by atoms with Gasteiger partial charge >= 0.3 is 6.09 Å². The van der Waals surface area contributed by atoms with Crippen LogP contribution in [0.1, 0.15) is 39.2 Å². The van der Waals surface area contributed by atoms with Crippen LogP contribution in [0.5, 0.6) is 11.5 Å².